The summed E-state index contributed by atoms with van der Waals surface area (Å²) in [4.78, 5) is 11.1. The standard InChI is InChI=1S/C12H14O/c1-12(9-13,11-7-8-11)10-5-3-2-4-6-10/h2-6,9,11H,7-8H2,1H3. The molecule has 1 saturated carbocycles. The van der Waals surface area contributed by atoms with Crippen molar-refractivity contribution in [1.29, 1.82) is 0 Å². The Morgan fingerprint density at radius 1 is 1.31 bits per heavy atom. The summed E-state index contributed by atoms with van der Waals surface area (Å²) in [6.45, 7) is 2.05. The average molecular weight is 174 g/mol. The minimum atomic E-state index is -0.235. The molecule has 0 saturated heterocycles. The molecule has 0 amide bonds. The lowest BCUT2D eigenvalue weighted by molar-refractivity contribution is -0.112. The Morgan fingerprint density at radius 3 is 2.38 bits per heavy atom. The molecule has 1 aliphatic rings. The summed E-state index contributed by atoms with van der Waals surface area (Å²) in [6.07, 6.45) is 3.51. The van der Waals surface area contributed by atoms with Crippen LogP contribution in [0.4, 0.5) is 0 Å². The van der Waals surface area contributed by atoms with Crippen molar-refractivity contribution in [2.45, 2.75) is 25.2 Å². The van der Waals surface area contributed by atoms with Crippen LogP contribution in [0.5, 0.6) is 0 Å². The molecule has 1 aromatic rings. The van der Waals surface area contributed by atoms with Gasteiger partial charge in [-0.1, -0.05) is 30.3 Å². The van der Waals surface area contributed by atoms with E-state index < -0.39 is 0 Å². The zero-order chi connectivity index (χ0) is 9.31. The van der Waals surface area contributed by atoms with E-state index in [2.05, 4.69) is 0 Å². The molecule has 0 aliphatic heterocycles. The normalized spacial score (nSPS) is 20.7. The van der Waals surface area contributed by atoms with Crippen molar-refractivity contribution in [3.05, 3.63) is 35.9 Å². The fourth-order valence-electron chi connectivity index (χ4n) is 1.88. The quantitative estimate of drug-likeness (QED) is 0.643. The maximum atomic E-state index is 11.1. The highest BCUT2D eigenvalue weighted by atomic mass is 16.1. The zero-order valence-electron chi connectivity index (χ0n) is 7.86. The molecular formula is C12H14O. The second-order valence-corrected chi connectivity index (χ2v) is 4.04. The Bertz CT molecular complexity index is 300. The van der Waals surface area contributed by atoms with Gasteiger partial charge in [0, 0.05) is 0 Å². The molecule has 1 aliphatic carbocycles. The first-order valence-corrected chi connectivity index (χ1v) is 4.79. The van der Waals surface area contributed by atoms with Crippen molar-refractivity contribution in [2.24, 2.45) is 5.92 Å². The molecule has 13 heavy (non-hydrogen) atoms. The number of rotatable bonds is 3. The van der Waals surface area contributed by atoms with Crippen LogP contribution in [0, 0.1) is 5.92 Å². The Balaban J connectivity index is 2.36. The van der Waals surface area contributed by atoms with Crippen molar-refractivity contribution in [3.63, 3.8) is 0 Å². The Kier molecular flexibility index (Phi) is 1.95. The Morgan fingerprint density at radius 2 is 1.92 bits per heavy atom. The molecule has 1 unspecified atom stereocenters. The van der Waals surface area contributed by atoms with Gasteiger partial charge in [-0.05, 0) is 31.2 Å². The summed E-state index contributed by atoms with van der Waals surface area (Å²) in [5, 5.41) is 0. The van der Waals surface area contributed by atoms with Gasteiger partial charge in [0.1, 0.15) is 6.29 Å². The van der Waals surface area contributed by atoms with E-state index in [4.69, 9.17) is 0 Å². The highest BCUT2D eigenvalue weighted by Gasteiger charge is 2.42. The zero-order valence-corrected chi connectivity index (χ0v) is 7.86. The van der Waals surface area contributed by atoms with E-state index in [9.17, 15) is 4.79 Å². The van der Waals surface area contributed by atoms with Crippen LogP contribution in [0.3, 0.4) is 0 Å². The first-order valence-electron chi connectivity index (χ1n) is 4.79. The third kappa shape index (κ3) is 1.39. The monoisotopic (exact) mass is 174 g/mol. The van der Waals surface area contributed by atoms with E-state index in [0.717, 1.165) is 11.8 Å². The van der Waals surface area contributed by atoms with Crippen LogP contribution in [0.15, 0.2) is 30.3 Å². The average Bonchev–Trinajstić information content (AvgIpc) is 3.02. The van der Waals surface area contributed by atoms with Gasteiger partial charge < -0.3 is 4.79 Å². The topological polar surface area (TPSA) is 17.1 Å². The molecule has 68 valence electrons. The van der Waals surface area contributed by atoms with Gasteiger partial charge in [-0.3, -0.25) is 0 Å². The molecule has 0 aromatic heterocycles. The fourth-order valence-corrected chi connectivity index (χ4v) is 1.88. The summed E-state index contributed by atoms with van der Waals surface area (Å²) in [7, 11) is 0. The number of carbonyl (C=O) groups excluding carboxylic acids is 1. The molecule has 0 radical (unpaired) electrons. The van der Waals surface area contributed by atoms with Crippen LogP contribution in [0.25, 0.3) is 0 Å². The van der Waals surface area contributed by atoms with Crippen LogP contribution >= 0.6 is 0 Å². The third-order valence-electron chi connectivity index (χ3n) is 3.07. The Labute approximate surface area is 78.8 Å². The molecule has 2 rings (SSSR count). The van der Waals surface area contributed by atoms with Crippen LogP contribution in [0.1, 0.15) is 25.3 Å². The highest BCUT2D eigenvalue weighted by molar-refractivity contribution is 5.69. The largest absolute Gasteiger partial charge is 0.302 e. The molecule has 0 bridgehead atoms. The number of hydrogen-bond donors (Lipinski definition) is 0. The van der Waals surface area contributed by atoms with Gasteiger partial charge >= 0.3 is 0 Å². The second-order valence-electron chi connectivity index (χ2n) is 4.04. The van der Waals surface area contributed by atoms with Crippen molar-refractivity contribution < 1.29 is 4.79 Å². The van der Waals surface area contributed by atoms with E-state index in [1.165, 1.54) is 12.8 Å². The fraction of sp³-hybridized carbons (Fsp3) is 0.417. The second kappa shape index (κ2) is 2.99. The van der Waals surface area contributed by atoms with Gasteiger partial charge in [0.25, 0.3) is 0 Å². The summed E-state index contributed by atoms with van der Waals surface area (Å²) >= 11 is 0. The van der Waals surface area contributed by atoms with Crippen molar-refractivity contribution >= 4 is 6.29 Å². The van der Waals surface area contributed by atoms with E-state index in [-0.39, 0.29) is 5.41 Å². The van der Waals surface area contributed by atoms with Gasteiger partial charge in [-0.2, -0.15) is 0 Å². The van der Waals surface area contributed by atoms with Crippen molar-refractivity contribution in [3.8, 4) is 0 Å². The van der Waals surface area contributed by atoms with Crippen LogP contribution < -0.4 is 0 Å². The maximum Gasteiger partial charge on any atom is 0.130 e. The van der Waals surface area contributed by atoms with Crippen LogP contribution in [-0.4, -0.2) is 6.29 Å². The third-order valence-corrected chi connectivity index (χ3v) is 3.07. The van der Waals surface area contributed by atoms with Crippen molar-refractivity contribution in [1.82, 2.24) is 0 Å². The smallest absolute Gasteiger partial charge is 0.130 e. The van der Waals surface area contributed by atoms with E-state index in [0.29, 0.717) is 5.92 Å². The summed E-state index contributed by atoms with van der Waals surface area (Å²) in [5.74, 6) is 0.576. The molecule has 0 spiro atoms. The lowest BCUT2D eigenvalue weighted by Crippen LogP contribution is -2.26. The SMILES string of the molecule is CC(C=O)(c1ccccc1)C1CC1. The van der Waals surface area contributed by atoms with Gasteiger partial charge in [0.15, 0.2) is 0 Å². The summed E-state index contributed by atoms with van der Waals surface area (Å²) < 4.78 is 0. The lowest BCUT2D eigenvalue weighted by Gasteiger charge is -2.22. The van der Waals surface area contributed by atoms with Gasteiger partial charge in [0.05, 0.1) is 5.41 Å². The molecule has 1 aromatic carbocycles. The van der Waals surface area contributed by atoms with E-state index >= 15 is 0 Å². The number of benzene rings is 1. The number of carbonyl (C=O) groups is 1. The predicted octanol–water partition coefficient (Wildman–Crippen LogP) is 2.55. The Hall–Kier alpha value is -1.11. The molecular weight excluding hydrogens is 160 g/mol. The number of hydrogen-bond acceptors (Lipinski definition) is 1. The summed E-state index contributed by atoms with van der Waals surface area (Å²) in [5.41, 5.74) is 0.925. The molecule has 1 nitrogen and oxygen atoms in total. The number of aldehydes is 1. The van der Waals surface area contributed by atoms with Crippen LogP contribution in [0.2, 0.25) is 0 Å². The lowest BCUT2D eigenvalue weighted by atomic mass is 9.79. The van der Waals surface area contributed by atoms with E-state index in [1.807, 2.05) is 37.3 Å². The minimum Gasteiger partial charge on any atom is -0.302 e. The highest BCUT2D eigenvalue weighted by Crippen LogP contribution is 2.45. The summed E-state index contributed by atoms with van der Waals surface area (Å²) in [6, 6.07) is 10.1. The minimum absolute atomic E-state index is 0.235. The molecule has 1 heteroatoms. The van der Waals surface area contributed by atoms with Gasteiger partial charge in [-0.15, -0.1) is 0 Å². The first kappa shape index (κ1) is 8.49. The molecule has 1 atom stereocenters. The maximum absolute atomic E-state index is 11.1. The van der Waals surface area contributed by atoms with Crippen molar-refractivity contribution in [2.75, 3.05) is 0 Å². The predicted molar refractivity (Wildman–Crippen MR) is 52.6 cm³/mol. The van der Waals surface area contributed by atoms with Gasteiger partial charge in [0.2, 0.25) is 0 Å². The van der Waals surface area contributed by atoms with Gasteiger partial charge in [-0.25, -0.2) is 0 Å². The van der Waals surface area contributed by atoms with Crippen LogP contribution in [-0.2, 0) is 10.2 Å². The molecule has 0 heterocycles. The van der Waals surface area contributed by atoms with E-state index in [1.54, 1.807) is 0 Å². The first-order chi connectivity index (χ1) is 6.27. The molecule has 1 fully saturated rings. The molecule has 0 N–H and O–H groups in total.